The van der Waals surface area contributed by atoms with E-state index in [1.165, 1.54) is 0 Å². The third kappa shape index (κ3) is 0.839. The van der Waals surface area contributed by atoms with Crippen LogP contribution in [0.5, 0.6) is 0 Å². The number of nitrogens with zero attached hydrogens (tertiary/aromatic N) is 3. The van der Waals surface area contributed by atoms with Gasteiger partial charge in [-0.3, -0.25) is 0 Å². The van der Waals surface area contributed by atoms with Crippen LogP contribution < -0.4 is 0 Å². The van der Waals surface area contributed by atoms with Crippen LogP contribution in [0.3, 0.4) is 0 Å². The second-order valence-corrected chi connectivity index (χ2v) is 2.94. The Morgan fingerprint density at radius 3 is 3.15 bits per heavy atom. The molecule has 0 unspecified atom stereocenters. The van der Waals surface area contributed by atoms with Crippen LogP contribution in [0, 0.1) is 0 Å². The molecule has 0 saturated heterocycles. The van der Waals surface area contributed by atoms with Gasteiger partial charge in [-0.15, -0.1) is 0 Å². The SMILES string of the molecule is c1cc2c3ncncc3ccn2c1. The Kier molecular flexibility index (Phi) is 1.16. The molecule has 0 atom stereocenters. The average molecular weight is 169 g/mol. The number of aromatic nitrogens is 3. The van der Waals surface area contributed by atoms with Gasteiger partial charge in [0.2, 0.25) is 0 Å². The van der Waals surface area contributed by atoms with Gasteiger partial charge >= 0.3 is 0 Å². The summed E-state index contributed by atoms with van der Waals surface area (Å²) in [6, 6.07) is 6.08. The quantitative estimate of drug-likeness (QED) is 0.514. The van der Waals surface area contributed by atoms with Crippen molar-refractivity contribution in [1.29, 1.82) is 0 Å². The Morgan fingerprint density at radius 1 is 1.15 bits per heavy atom. The zero-order valence-electron chi connectivity index (χ0n) is 6.88. The van der Waals surface area contributed by atoms with Crippen molar-refractivity contribution in [2.24, 2.45) is 0 Å². The molecule has 0 saturated carbocycles. The molecule has 3 aromatic rings. The van der Waals surface area contributed by atoms with Gasteiger partial charge in [0.1, 0.15) is 6.33 Å². The molecule has 0 fully saturated rings. The van der Waals surface area contributed by atoms with Gasteiger partial charge in [-0.2, -0.15) is 0 Å². The van der Waals surface area contributed by atoms with Crippen molar-refractivity contribution in [1.82, 2.24) is 14.4 Å². The van der Waals surface area contributed by atoms with E-state index < -0.39 is 0 Å². The molecule has 0 N–H and O–H groups in total. The molecule has 0 radical (unpaired) electrons. The smallest absolute Gasteiger partial charge is 0.116 e. The van der Waals surface area contributed by atoms with E-state index in [0.717, 1.165) is 16.4 Å². The first-order valence-corrected chi connectivity index (χ1v) is 4.10. The molecule has 0 amide bonds. The fraction of sp³-hybridized carbons (Fsp3) is 0. The third-order valence-corrected chi connectivity index (χ3v) is 2.18. The van der Waals surface area contributed by atoms with Gasteiger partial charge < -0.3 is 4.40 Å². The predicted octanol–water partition coefficient (Wildman–Crippen LogP) is 1.88. The van der Waals surface area contributed by atoms with Crippen LogP contribution in [0.2, 0.25) is 0 Å². The molecule has 13 heavy (non-hydrogen) atoms. The molecule has 3 heteroatoms. The Morgan fingerprint density at radius 2 is 2.15 bits per heavy atom. The van der Waals surface area contributed by atoms with Gasteiger partial charge in [-0.25, -0.2) is 9.97 Å². The van der Waals surface area contributed by atoms with Gasteiger partial charge in [-0.05, 0) is 18.2 Å². The monoisotopic (exact) mass is 169 g/mol. The van der Waals surface area contributed by atoms with Gasteiger partial charge in [-0.1, -0.05) is 0 Å². The minimum absolute atomic E-state index is 1.00. The molecule has 3 aromatic heterocycles. The van der Waals surface area contributed by atoms with Crippen LogP contribution in [0.25, 0.3) is 16.4 Å². The Labute approximate surface area is 74.7 Å². The summed E-state index contributed by atoms with van der Waals surface area (Å²) in [6.07, 6.45) is 7.43. The van der Waals surface area contributed by atoms with Crippen LogP contribution in [0.1, 0.15) is 0 Å². The summed E-state index contributed by atoms with van der Waals surface area (Å²) < 4.78 is 2.05. The van der Waals surface area contributed by atoms with Crippen LogP contribution in [0.4, 0.5) is 0 Å². The predicted molar refractivity (Wildman–Crippen MR) is 50.5 cm³/mol. The van der Waals surface area contributed by atoms with E-state index in [2.05, 4.69) is 20.4 Å². The van der Waals surface area contributed by atoms with Crippen LogP contribution in [0.15, 0.2) is 43.1 Å². The van der Waals surface area contributed by atoms with Crippen LogP contribution >= 0.6 is 0 Å². The highest BCUT2D eigenvalue weighted by Crippen LogP contribution is 2.16. The summed E-state index contributed by atoms with van der Waals surface area (Å²) in [6.45, 7) is 0. The van der Waals surface area contributed by atoms with Gasteiger partial charge in [0, 0.05) is 24.0 Å². The standard InChI is InChI=1S/C10H7N3/c1-2-9-10-8(6-11-7-12-10)3-5-13(9)4-1/h1-7H. The van der Waals surface area contributed by atoms with E-state index in [0.29, 0.717) is 0 Å². The second kappa shape index (κ2) is 2.29. The summed E-state index contributed by atoms with van der Waals surface area (Å²) in [5.41, 5.74) is 2.13. The van der Waals surface area contributed by atoms with Gasteiger partial charge in [0.15, 0.2) is 0 Å². The highest BCUT2D eigenvalue weighted by molar-refractivity contribution is 5.91. The summed E-state index contributed by atoms with van der Waals surface area (Å²) in [7, 11) is 0. The minimum Gasteiger partial charge on any atom is -0.322 e. The Hall–Kier alpha value is -1.90. The lowest BCUT2D eigenvalue weighted by Crippen LogP contribution is -1.86. The Bertz CT molecular complexity index is 568. The normalized spacial score (nSPS) is 11.1. The minimum atomic E-state index is 1.00. The first kappa shape index (κ1) is 6.60. The van der Waals surface area contributed by atoms with E-state index in [1.54, 1.807) is 6.33 Å². The molecule has 0 aromatic carbocycles. The molecular weight excluding hydrogens is 162 g/mol. The summed E-state index contributed by atoms with van der Waals surface area (Å²) in [5.74, 6) is 0. The molecule has 62 valence electrons. The van der Waals surface area contributed by atoms with E-state index in [4.69, 9.17) is 0 Å². The fourth-order valence-electron chi connectivity index (χ4n) is 1.56. The summed E-state index contributed by atoms with van der Waals surface area (Å²) >= 11 is 0. The maximum Gasteiger partial charge on any atom is 0.116 e. The van der Waals surface area contributed by atoms with Crippen LogP contribution in [-0.4, -0.2) is 14.4 Å². The second-order valence-electron chi connectivity index (χ2n) is 2.94. The zero-order valence-corrected chi connectivity index (χ0v) is 6.88. The van der Waals surface area contributed by atoms with E-state index >= 15 is 0 Å². The topological polar surface area (TPSA) is 30.2 Å². The number of hydrogen-bond acceptors (Lipinski definition) is 2. The van der Waals surface area contributed by atoms with E-state index in [-0.39, 0.29) is 0 Å². The van der Waals surface area contributed by atoms with Crippen molar-refractivity contribution >= 4 is 16.4 Å². The highest BCUT2D eigenvalue weighted by atomic mass is 14.9. The van der Waals surface area contributed by atoms with Crippen molar-refractivity contribution in [2.75, 3.05) is 0 Å². The number of pyridine rings is 1. The lowest BCUT2D eigenvalue weighted by molar-refractivity contribution is 1.18. The van der Waals surface area contributed by atoms with Crippen molar-refractivity contribution in [3.63, 3.8) is 0 Å². The maximum atomic E-state index is 4.25. The van der Waals surface area contributed by atoms with E-state index in [1.807, 2.05) is 30.7 Å². The first-order valence-electron chi connectivity index (χ1n) is 4.10. The van der Waals surface area contributed by atoms with Crippen molar-refractivity contribution in [3.8, 4) is 0 Å². The molecule has 0 bridgehead atoms. The third-order valence-electron chi connectivity index (χ3n) is 2.18. The van der Waals surface area contributed by atoms with Crippen molar-refractivity contribution in [3.05, 3.63) is 43.1 Å². The highest BCUT2D eigenvalue weighted by Gasteiger charge is 1.99. The van der Waals surface area contributed by atoms with E-state index in [9.17, 15) is 0 Å². The molecule has 3 heterocycles. The maximum absolute atomic E-state index is 4.25. The molecule has 3 nitrogen and oxygen atoms in total. The molecule has 0 aliphatic carbocycles. The van der Waals surface area contributed by atoms with Crippen molar-refractivity contribution < 1.29 is 0 Å². The lowest BCUT2D eigenvalue weighted by Gasteiger charge is -1.98. The molecular formula is C10H7N3. The van der Waals surface area contributed by atoms with Crippen molar-refractivity contribution in [2.45, 2.75) is 0 Å². The summed E-state index contributed by atoms with van der Waals surface area (Å²) in [5, 5.41) is 1.08. The lowest BCUT2D eigenvalue weighted by atomic mass is 10.3. The number of rotatable bonds is 0. The first-order chi connectivity index (χ1) is 6.45. The van der Waals surface area contributed by atoms with Gasteiger partial charge in [0.05, 0.1) is 11.0 Å². The zero-order chi connectivity index (χ0) is 8.67. The number of fused-ring (bicyclic) bond motifs is 3. The number of hydrogen-bond donors (Lipinski definition) is 0. The molecule has 0 spiro atoms. The average Bonchev–Trinajstić information content (AvgIpc) is 2.65. The molecule has 0 aliphatic heterocycles. The largest absolute Gasteiger partial charge is 0.322 e. The van der Waals surface area contributed by atoms with Gasteiger partial charge in [0.25, 0.3) is 0 Å². The summed E-state index contributed by atoms with van der Waals surface area (Å²) in [4.78, 5) is 8.23. The molecule has 0 aliphatic rings. The van der Waals surface area contributed by atoms with Crippen LogP contribution in [-0.2, 0) is 0 Å². The Balaban J connectivity index is 2.65. The molecule has 3 rings (SSSR count). The fourth-order valence-corrected chi connectivity index (χ4v) is 1.56.